The van der Waals surface area contributed by atoms with E-state index in [1.54, 1.807) is 0 Å². The zero-order valence-corrected chi connectivity index (χ0v) is 6.22. The molecule has 0 heterocycles. The van der Waals surface area contributed by atoms with Gasteiger partial charge in [0, 0.05) is 6.54 Å². The lowest BCUT2D eigenvalue weighted by Crippen LogP contribution is -2.23. The van der Waals surface area contributed by atoms with E-state index in [1.807, 2.05) is 0 Å². The molecular formula is C7H15NO. The van der Waals surface area contributed by atoms with Crippen molar-refractivity contribution in [1.82, 2.24) is 4.90 Å². The first-order chi connectivity index (χ1) is 4.35. The molecule has 0 saturated heterocycles. The first-order valence-electron chi connectivity index (χ1n) is 3.44. The van der Waals surface area contributed by atoms with Gasteiger partial charge in [-0.05, 0) is 19.5 Å². The molecule has 2 nitrogen and oxygen atoms in total. The summed E-state index contributed by atoms with van der Waals surface area (Å²) in [7, 11) is 0. The topological polar surface area (TPSA) is 23.5 Å². The molecule has 0 aliphatic rings. The summed E-state index contributed by atoms with van der Waals surface area (Å²) in [5.74, 6) is 0. The molecule has 0 aromatic heterocycles. The fraction of sp³-hybridized carbons (Fsp3) is 0.857. The van der Waals surface area contributed by atoms with Crippen LogP contribution in [0.25, 0.3) is 0 Å². The maximum Gasteiger partial charge on any atom is 0.129 e. The molecule has 0 aliphatic carbocycles. The summed E-state index contributed by atoms with van der Waals surface area (Å²) in [6, 6.07) is 0. The monoisotopic (exact) mass is 129 g/mol. The number of hydrogen-bond acceptors (Lipinski definition) is 2. The highest BCUT2D eigenvalue weighted by Crippen LogP contribution is 1.90. The van der Waals surface area contributed by atoms with Crippen LogP contribution in [0.15, 0.2) is 0 Å². The van der Waals surface area contributed by atoms with Crippen molar-refractivity contribution < 1.29 is 5.11 Å². The molecule has 0 atom stereocenters. The molecule has 0 rings (SSSR count). The Hall–Kier alpha value is -0.0800. The van der Waals surface area contributed by atoms with Crippen molar-refractivity contribution in [3.05, 3.63) is 6.61 Å². The second-order valence-electron chi connectivity index (χ2n) is 1.93. The Morgan fingerprint density at radius 3 is 2.22 bits per heavy atom. The van der Waals surface area contributed by atoms with Crippen LogP contribution < -0.4 is 0 Å². The Balaban J connectivity index is 3.09. The lowest BCUT2D eigenvalue weighted by Gasteiger charge is -2.15. The molecule has 2 radical (unpaired) electrons. The largest absolute Gasteiger partial charge is 0.384 e. The van der Waals surface area contributed by atoms with Crippen LogP contribution in [0.2, 0.25) is 0 Å². The number of hydrogen-bond donors (Lipinski definition) is 1. The number of nitrogens with zero attached hydrogens (tertiary/aromatic N) is 1. The molecule has 54 valence electrons. The normalized spacial score (nSPS) is 10.7. The molecule has 0 unspecified atom stereocenters. The minimum absolute atomic E-state index is 0.654. The molecular weight excluding hydrogens is 114 g/mol. The molecule has 0 amide bonds. The fourth-order valence-electron chi connectivity index (χ4n) is 0.748. The van der Waals surface area contributed by atoms with Gasteiger partial charge in [-0.1, -0.05) is 13.8 Å². The van der Waals surface area contributed by atoms with E-state index in [1.165, 1.54) is 0 Å². The Morgan fingerprint density at radius 1 is 1.33 bits per heavy atom. The van der Waals surface area contributed by atoms with Gasteiger partial charge in [0.2, 0.25) is 0 Å². The first kappa shape index (κ1) is 8.92. The Bertz CT molecular complexity index is 52.9. The predicted octanol–water partition coefficient (Wildman–Crippen LogP) is 1.13. The quantitative estimate of drug-likeness (QED) is 0.601. The van der Waals surface area contributed by atoms with Crippen molar-refractivity contribution in [2.24, 2.45) is 0 Å². The predicted molar refractivity (Wildman–Crippen MR) is 37.6 cm³/mol. The van der Waals surface area contributed by atoms with Crippen molar-refractivity contribution >= 4 is 0 Å². The molecule has 0 fully saturated rings. The number of rotatable bonds is 5. The van der Waals surface area contributed by atoms with E-state index in [2.05, 4.69) is 25.4 Å². The van der Waals surface area contributed by atoms with Gasteiger partial charge in [-0.15, -0.1) is 0 Å². The third kappa shape index (κ3) is 4.43. The molecule has 0 aliphatic heterocycles. The second kappa shape index (κ2) is 6.05. The highest BCUT2D eigenvalue weighted by atomic mass is 16.3. The van der Waals surface area contributed by atoms with E-state index < -0.39 is 0 Å². The van der Waals surface area contributed by atoms with Crippen molar-refractivity contribution in [2.45, 2.75) is 20.3 Å². The fourth-order valence-corrected chi connectivity index (χ4v) is 0.748. The van der Waals surface area contributed by atoms with E-state index in [4.69, 9.17) is 5.11 Å². The van der Waals surface area contributed by atoms with Crippen LogP contribution in [0.5, 0.6) is 0 Å². The minimum atomic E-state index is 0.654. The number of aliphatic hydroxyl groups is 1. The second-order valence-corrected chi connectivity index (χ2v) is 1.93. The lowest BCUT2D eigenvalue weighted by molar-refractivity contribution is 0.277. The molecule has 2 heteroatoms. The van der Waals surface area contributed by atoms with Crippen molar-refractivity contribution in [2.75, 3.05) is 19.6 Å². The van der Waals surface area contributed by atoms with Crippen LogP contribution in [0.3, 0.4) is 0 Å². The Kier molecular flexibility index (Phi) is 5.99. The van der Waals surface area contributed by atoms with Crippen LogP contribution >= 0.6 is 0 Å². The molecule has 0 saturated carbocycles. The van der Waals surface area contributed by atoms with Gasteiger partial charge in [0.25, 0.3) is 0 Å². The van der Waals surface area contributed by atoms with Crippen LogP contribution in [0.4, 0.5) is 0 Å². The third-order valence-electron chi connectivity index (χ3n) is 1.43. The Labute approximate surface area is 57.5 Å². The average molecular weight is 129 g/mol. The van der Waals surface area contributed by atoms with Gasteiger partial charge in [-0.3, -0.25) is 0 Å². The van der Waals surface area contributed by atoms with E-state index in [-0.39, 0.29) is 0 Å². The summed E-state index contributed by atoms with van der Waals surface area (Å²) in [5, 5.41) is 8.23. The molecule has 0 bridgehead atoms. The number of aliphatic hydroxyl groups excluding tert-OH is 1. The van der Waals surface area contributed by atoms with E-state index in [9.17, 15) is 0 Å². The minimum Gasteiger partial charge on any atom is -0.384 e. The average Bonchev–Trinajstić information content (AvgIpc) is 1.91. The lowest BCUT2D eigenvalue weighted by atomic mass is 10.4. The van der Waals surface area contributed by atoms with Crippen LogP contribution in [0, 0.1) is 6.61 Å². The summed E-state index contributed by atoms with van der Waals surface area (Å²) in [6.45, 7) is 9.38. The van der Waals surface area contributed by atoms with Gasteiger partial charge in [-0.2, -0.15) is 0 Å². The van der Waals surface area contributed by atoms with Crippen molar-refractivity contribution in [3.8, 4) is 0 Å². The zero-order valence-electron chi connectivity index (χ0n) is 6.22. The van der Waals surface area contributed by atoms with Gasteiger partial charge in [0.1, 0.15) is 6.61 Å². The van der Waals surface area contributed by atoms with Gasteiger partial charge in [-0.25, -0.2) is 0 Å². The van der Waals surface area contributed by atoms with Crippen LogP contribution in [0.1, 0.15) is 20.3 Å². The van der Waals surface area contributed by atoms with Crippen LogP contribution in [-0.4, -0.2) is 29.6 Å². The highest BCUT2D eigenvalue weighted by molar-refractivity contribution is 4.55. The summed E-state index contributed by atoms with van der Waals surface area (Å²) < 4.78 is 0. The summed E-state index contributed by atoms with van der Waals surface area (Å²) in [4.78, 5) is 2.24. The smallest absolute Gasteiger partial charge is 0.129 e. The zero-order chi connectivity index (χ0) is 7.11. The van der Waals surface area contributed by atoms with E-state index in [0.717, 1.165) is 19.6 Å². The molecule has 9 heavy (non-hydrogen) atoms. The molecule has 1 N–H and O–H groups in total. The highest BCUT2D eigenvalue weighted by Gasteiger charge is 1.95. The maximum absolute atomic E-state index is 8.23. The van der Waals surface area contributed by atoms with Gasteiger partial charge in [0.15, 0.2) is 0 Å². The molecule has 0 spiro atoms. The summed E-state index contributed by atoms with van der Waals surface area (Å²) in [6.07, 6.45) is 0.654. The summed E-state index contributed by atoms with van der Waals surface area (Å²) in [5.41, 5.74) is 0. The SMILES string of the molecule is CCN(CC)CC[C]O. The summed E-state index contributed by atoms with van der Waals surface area (Å²) >= 11 is 0. The molecule has 0 aromatic carbocycles. The van der Waals surface area contributed by atoms with Gasteiger partial charge < -0.3 is 10.0 Å². The van der Waals surface area contributed by atoms with E-state index in [0.29, 0.717) is 6.42 Å². The van der Waals surface area contributed by atoms with Crippen molar-refractivity contribution in [1.29, 1.82) is 0 Å². The third-order valence-corrected chi connectivity index (χ3v) is 1.43. The maximum atomic E-state index is 8.23. The van der Waals surface area contributed by atoms with Gasteiger partial charge >= 0.3 is 0 Å². The van der Waals surface area contributed by atoms with Gasteiger partial charge in [0.05, 0.1) is 0 Å². The standard InChI is InChI=1S/C7H15NO/c1-3-8(4-2)6-5-7-9/h9H,3-6H2,1-2H3. The Morgan fingerprint density at radius 2 is 1.89 bits per heavy atom. The van der Waals surface area contributed by atoms with Crippen LogP contribution in [-0.2, 0) is 0 Å². The molecule has 0 aromatic rings. The first-order valence-corrected chi connectivity index (χ1v) is 3.44. The van der Waals surface area contributed by atoms with E-state index >= 15 is 0 Å². The van der Waals surface area contributed by atoms with Crippen molar-refractivity contribution in [3.63, 3.8) is 0 Å².